The summed E-state index contributed by atoms with van der Waals surface area (Å²) in [6.45, 7) is 3.75. The first-order chi connectivity index (χ1) is 8.47. The Kier molecular flexibility index (Phi) is 7.80. The maximum atomic E-state index is 11.2. The molecule has 0 aromatic rings. The topological polar surface area (TPSA) is 130 Å². The minimum absolute atomic E-state index is 0.453. The van der Waals surface area contributed by atoms with E-state index in [1.165, 1.54) is 20.8 Å². The van der Waals surface area contributed by atoms with Crippen LogP contribution in [0.15, 0.2) is 0 Å². The van der Waals surface area contributed by atoms with E-state index in [4.69, 9.17) is 0 Å². The van der Waals surface area contributed by atoms with Gasteiger partial charge in [0.2, 0.25) is 0 Å². The van der Waals surface area contributed by atoms with Gasteiger partial charge in [-0.2, -0.15) is 0 Å². The molecule has 0 rings (SSSR count). The first kappa shape index (κ1) is 19.6. The third-order valence-electron chi connectivity index (χ3n) is 1.74. The molecule has 114 valence electrons. The van der Waals surface area contributed by atoms with E-state index >= 15 is 0 Å². The van der Waals surface area contributed by atoms with Crippen molar-refractivity contribution in [3.8, 4) is 0 Å². The van der Waals surface area contributed by atoms with Crippen molar-refractivity contribution in [1.29, 1.82) is 0 Å². The average Bonchev–Trinajstić information content (AvgIpc) is 2.27. The van der Waals surface area contributed by atoms with E-state index in [-0.39, 0.29) is 0 Å². The first-order valence-corrected chi connectivity index (χ1v) is 14.0. The quantitative estimate of drug-likeness (QED) is 0.445. The summed E-state index contributed by atoms with van der Waals surface area (Å²) in [4.78, 5) is 0. The van der Waals surface area contributed by atoms with Crippen molar-refractivity contribution >= 4 is 53.1 Å². The van der Waals surface area contributed by atoms with Crippen LogP contribution in [0.4, 0.5) is 0 Å². The van der Waals surface area contributed by atoms with Gasteiger partial charge in [-0.1, -0.05) is 0 Å². The van der Waals surface area contributed by atoms with Crippen LogP contribution in [0.3, 0.4) is 0 Å². The third-order valence-corrected chi connectivity index (χ3v) is 16.8. The zero-order valence-electron chi connectivity index (χ0n) is 10.6. The molecule has 9 nitrogen and oxygen atoms in total. The van der Waals surface area contributed by atoms with Crippen LogP contribution < -0.4 is 0 Å². The van der Waals surface area contributed by atoms with Crippen molar-refractivity contribution in [3.05, 3.63) is 0 Å². The van der Waals surface area contributed by atoms with Gasteiger partial charge in [-0.25, -0.2) is 0 Å². The number of hydrogen-bond donors (Lipinski definition) is 0. The molecule has 0 bridgehead atoms. The van der Waals surface area contributed by atoms with Crippen molar-refractivity contribution in [1.82, 2.24) is 0 Å². The Balaban J connectivity index is 5.17. The molecule has 0 saturated carbocycles. The van der Waals surface area contributed by atoms with E-state index in [1.54, 1.807) is 0 Å². The van der Waals surface area contributed by atoms with Crippen LogP contribution in [0.5, 0.6) is 0 Å². The summed E-state index contributed by atoms with van der Waals surface area (Å²) in [5.41, 5.74) is 0. The first-order valence-electron chi connectivity index (χ1n) is 5.19. The van der Waals surface area contributed by atoms with Gasteiger partial charge in [-0.3, -0.25) is 0 Å². The Morgan fingerprint density at radius 2 is 0.842 bits per heavy atom. The zero-order valence-corrected chi connectivity index (χ0v) is 16.3. The Morgan fingerprint density at radius 3 is 1.00 bits per heavy atom. The van der Waals surface area contributed by atoms with Crippen LogP contribution in [0, 0.1) is 0 Å². The standard InChI is InChI=1S/3C2H6O3S.In/c3*1-2-6(3,4)5;/h3*2H2,1H3,(H,3,4,5);/q;;;+3/p-3. The summed E-state index contributed by atoms with van der Waals surface area (Å²) in [5, 5.41) is 0. The summed E-state index contributed by atoms with van der Waals surface area (Å²) in [7, 11) is -12.2. The van der Waals surface area contributed by atoms with E-state index in [0.717, 1.165) is 0 Å². The fourth-order valence-electron chi connectivity index (χ4n) is 0.611. The molecule has 0 spiro atoms. The van der Waals surface area contributed by atoms with E-state index in [0.29, 0.717) is 0 Å². The molecular formula is C6H15InO9S3. The van der Waals surface area contributed by atoms with Gasteiger partial charge in [0, 0.05) is 0 Å². The minimum atomic E-state index is -4.71. The molecule has 0 amide bonds. The van der Waals surface area contributed by atoms with Gasteiger partial charge in [-0.15, -0.1) is 0 Å². The van der Waals surface area contributed by atoms with E-state index in [2.05, 4.69) is 6.90 Å². The van der Waals surface area contributed by atoms with Gasteiger partial charge in [-0.05, 0) is 0 Å². The van der Waals surface area contributed by atoms with Gasteiger partial charge in [0.1, 0.15) is 0 Å². The van der Waals surface area contributed by atoms with Gasteiger partial charge < -0.3 is 0 Å². The second-order valence-corrected chi connectivity index (χ2v) is 15.4. The molecule has 0 fully saturated rings. The monoisotopic (exact) mass is 442 g/mol. The second-order valence-electron chi connectivity index (χ2n) is 3.12. The van der Waals surface area contributed by atoms with E-state index in [1.807, 2.05) is 0 Å². The Labute approximate surface area is 123 Å². The van der Waals surface area contributed by atoms with Gasteiger partial charge in [0.05, 0.1) is 0 Å². The molecule has 0 saturated heterocycles. The van der Waals surface area contributed by atoms with Crippen molar-refractivity contribution in [3.63, 3.8) is 0 Å². The Hall–Kier alpha value is 0.600. The fourth-order valence-corrected chi connectivity index (χ4v) is 14.2. The summed E-state index contributed by atoms with van der Waals surface area (Å²) in [6.07, 6.45) is 0. The Morgan fingerprint density at radius 1 is 0.632 bits per heavy atom. The molecule has 0 aromatic carbocycles. The average molecular weight is 442 g/mol. The zero-order chi connectivity index (χ0) is 15.3. The molecule has 0 N–H and O–H groups in total. The van der Waals surface area contributed by atoms with Crippen molar-refractivity contribution in [2.45, 2.75) is 20.8 Å². The van der Waals surface area contributed by atoms with Crippen LogP contribution in [-0.2, 0) is 37.3 Å². The molecule has 0 atom stereocenters. The molecule has 0 radical (unpaired) electrons. The predicted molar refractivity (Wildman–Crippen MR) is 67.4 cm³/mol. The number of rotatable bonds is 9. The van der Waals surface area contributed by atoms with Gasteiger partial charge >= 0.3 is 123 Å². The number of hydrogen-bond acceptors (Lipinski definition) is 9. The van der Waals surface area contributed by atoms with Gasteiger partial charge in [0.25, 0.3) is 0 Å². The summed E-state index contributed by atoms with van der Waals surface area (Å²) in [6, 6.07) is 0. The van der Waals surface area contributed by atoms with Crippen LogP contribution in [0.2, 0.25) is 0 Å². The third kappa shape index (κ3) is 8.47. The maximum absolute atomic E-state index is 11.2. The molecule has 0 heterocycles. The Bertz CT molecular complexity index is 490. The molecule has 0 aromatic heterocycles. The fraction of sp³-hybridized carbons (Fsp3) is 1.00. The summed E-state index contributed by atoms with van der Waals surface area (Å²) in [5.74, 6) is -1.36. The van der Waals surface area contributed by atoms with Crippen molar-refractivity contribution in [2.24, 2.45) is 0 Å². The molecule has 0 unspecified atom stereocenters. The van der Waals surface area contributed by atoms with Crippen molar-refractivity contribution < 1.29 is 32.2 Å². The molecular weight excluding hydrogens is 427 g/mol. The molecule has 0 aliphatic heterocycles. The van der Waals surface area contributed by atoms with E-state index in [9.17, 15) is 25.3 Å². The summed E-state index contributed by atoms with van der Waals surface area (Å²) < 4.78 is 80.8. The molecule has 13 heteroatoms. The second kappa shape index (κ2) is 7.56. The SMILES string of the molecule is CCS(=O)(=O)[O][In]([O]S(=O)(=O)CC)[O]S(=O)(=O)CC. The molecule has 0 aliphatic rings. The molecule has 19 heavy (non-hydrogen) atoms. The molecule has 0 aliphatic carbocycles. The van der Waals surface area contributed by atoms with Gasteiger partial charge in [0.15, 0.2) is 0 Å². The van der Waals surface area contributed by atoms with Crippen LogP contribution in [-0.4, -0.2) is 65.3 Å². The van der Waals surface area contributed by atoms with Crippen LogP contribution in [0.25, 0.3) is 0 Å². The summed E-state index contributed by atoms with van der Waals surface area (Å²) >= 11 is -4.71. The normalized spacial score (nSPS) is 13.4. The van der Waals surface area contributed by atoms with Crippen LogP contribution >= 0.6 is 0 Å². The van der Waals surface area contributed by atoms with E-state index < -0.39 is 70.4 Å². The predicted octanol–water partition coefficient (Wildman–Crippen LogP) is -0.930. The van der Waals surface area contributed by atoms with Crippen molar-refractivity contribution in [2.75, 3.05) is 17.3 Å². The van der Waals surface area contributed by atoms with Crippen LogP contribution in [0.1, 0.15) is 20.8 Å².